The SMILES string of the molecule is CN1CCN(c2ccc(NCCCCO)cc2)CC1. The Bertz CT molecular complexity index is 358. The number of benzene rings is 1. The fraction of sp³-hybridized carbons (Fsp3) is 0.600. The van der Waals surface area contributed by atoms with E-state index in [0.29, 0.717) is 0 Å². The molecule has 106 valence electrons. The fourth-order valence-electron chi connectivity index (χ4n) is 2.32. The van der Waals surface area contributed by atoms with Crippen LogP contribution in [0.5, 0.6) is 0 Å². The molecule has 0 saturated carbocycles. The van der Waals surface area contributed by atoms with Gasteiger partial charge in [0.05, 0.1) is 0 Å². The second-order valence-corrected chi connectivity index (χ2v) is 5.19. The molecular weight excluding hydrogens is 238 g/mol. The minimum atomic E-state index is 0.282. The van der Waals surface area contributed by atoms with E-state index in [2.05, 4.69) is 46.4 Å². The molecule has 0 bridgehead atoms. The largest absolute Gasteiger partial charge is 0.396 e. The summed E-state index contributed by atoms with van der Waals surface area (Å²) in [5, 5.41) is 12.1. The van der Waals surface area contributed by atoms with Crippen LogP contribution >= 0.6 is 0 Å². The average molecular weight is 263 g/mol. The van der Waals surface area contributed by atoms with Crippen molar-refractivity contribution in [3.8, 4) is 0 Å². The third-order valence-electron chi connectivity index (χ3n) is 3.65. The Morgan fingerprint density at radius 2 is 1.74 bits per heavy atom. The van der Waals surface area contributed by atoms with Crippen molar-refractivity contribution in [1.82, 2.24) is 4.90 Å². The summed E-state index contributed by atoms with van der Waals surface area (Å²) in [7, 11) is 2.18. The van der Waals surface area contributed by atoms with E-state index >= 15 is 0 Å². The molecule has 19 heavy (non-hydrogen) atoms. The van der Waals surface area contributed by atoms with Crippen LogP contribution in [0.15, 0.2) is 24.3 Å². The smallest absolute Gasteiger partial charge is 0.0431 e. The summed E-state index contributed by atoms with van der Waals surface area (Å²) in [5.74, 6) is 0. The van der Waals surface area contributed by atoms with Crippen LogP contribution < -0.4 is 10.2 Å². The number of unbranched alkanes of at least 4 members (excludes halogenated alkanes) is 1. The van der Waals surface area contributed by atoms with E-state index in [0.717, 1.165) is 51.3 Å². The number of anilines is 2. The first-order valence-corrected chi connectivity index (χ1v) is 7.18. The predicted molar refractivity (Wildman–Crippen MR) is 81.0 cm³/mol. The zero-order chi connectivity index (χ0) is 13.5. The molecule has 4 nitrogen and oxygen atoms in total. The van der Waals surface area contributed by atoms with Crippen LogP contribution in [0.2, 0.25) is 0 Å². The molecule has 0 aliphatic carbocycles. The Labute approximate surface area is 116 Å². The molecule has 0 unspecified atom stereocenters. The summed E-state index contributed by atoms with van der Waals surface area (Å²) >= 11 is 0. The van der Waals surface area contributed by atoms with Gasteiger partial charge in [-0.2, -0.15) is 0 Å². The lowest BCUT2D eigenvalue weighted by atomic mass is 10.2. The average Bonchev–Trinajstić information content (AvgIpc) is 2.45. The lowest BCUT2D eigenvalue weighted by Gasteiger charge is -2.34. The number of hydrogen-bond acceptors (Lipinski definition) is 4. The standard InChI is InChI=1S/C15H25N3O/c1-17-9-11-18(12-10-17)15-6-4-14(5-7-15)16-8-2-3-13-19/h4-7,16,19H,2-3,8-13H2,1H3. The van der Waals surface area contributed by atoms with Crippen molar-refractivity contribution in [1.29, 1.82) is 0 Å². The van der Waals surface area contributed by atoms with Crippen molar-refractivity contribution < 1.29 is 5.11 Å². The zero-order valence-electron chi connectivity index (χ0n) is 11.8. The maximum absolute atomic E-state index is 8.73. The molecule has 4 heteroatoms. The molecule has 1 fully saturated rings. The third-order valence-corrected chi connectivity index (χ3v) is 3.65. The number of aliphatic hydroxyl groups excluding tert-OH is 1. The highest BCUT2D eigenvalue weighted by Crippen LogP contribution is 2.19. The van der Waals surface area contributed by atoms with E-state index in [1.165, 1.54) is 5.69 Å². The van der Waals surface area contributed by atoms with Crippen LogP contribution in [0.4, 0.5) is 11.4 Å². The summed E-state index contributed by atoms with van der Waals surface area (Å²) in [6, 6.07) is 8.68. The van der Waals surface area contributed by atoms with Gasteiger partial charge in [0.1, 0.15) is 0 Å². The number of aliphatic hydroxyl groups is 1. The molecular formula is C15H25N3O. The van der Waals surface area contributed by atoms with Gasteiger partial charge in [0.2, 0.25) is 0 Å². The lowest BCUT2D eigenvalue weighted by molar-refractivity contribution is 0.286. The number of nitrogens with zero attached hydrogens (tertiary/aromatic N) is 2. The summed E-state index contributed by atoms with van der Waals surface area (Å²) < 4.78 is 0. The monoisotopic (exact) mass is 263 g/mol. The van der Waals surface area contributed by atoms with Gasteiger partial charge in [0.25, 0.3) is 0 Å². The molecule has 1 aliphatic heterocycles. The number of rotatable bonds is 6. The molecule has 1 heterocycles. The molecule has 1 aromatic carbocycles. The summed E-state index contributed by atoms with van der Waals surface area (Å²) in [5.41, 5.74) is 2.48. The van der Waals surface area contributed by atoms with Crippen LogP contribution in [0, 0.1) is 0 Å². The van der Waals surface area contributed by atoms with Gasteiger partial charge in [-0.25, -0.2) is 0 Å². The maximum Gasteiger partial charge on any atom is 0.0431 e. The van der Waals surface area contributed by atoms with Gasteiger partial charge in [0.15, 0.2) is 0 Å². The topological polar surface area (TPSA) is 38.7 Å². The Morgan fingerprint density at radius 1 is 1.05 bits per heavy atom. The molecule has 1 aliphatic rings. The van der Waals surface area contributed by atoms with Gasteiger partial charge in [-0.15, -0.1) is 0 Å². The second kappa shape index (κ2) is 7.36. The van der Waals surface area contributed by atoms with E-state index in [4.69, 9.17) is 5.11 Å². The van der Waals surface area contributed by atoms with Gasteiger partial charge in [-0.3, -0.25) is 0 Å². The highest BCUT2D eigenvalue weighted by atomic mass is 16.2. The Kier molecular flexibility index (Phi) is 5.48. The van der Waals surface area contributed by atoms with Crippen molar-refractivity contribution in [2.75, 3.05) is 56.6 Å². The first-order chi connectivity index (χ1) is 9.29. The van der Waals surface area contributed by atoms with Crippen molar-refractivity contribution in [2.24, 2.45) is 0 Å². The lowest BCUT2D eigenvalue weighted by Crippen LogP contribution is -2.44. The second-order valence-electron chi connectivity index (χ2n) is 5.19. The minimum Gasteiger partial charge on any atom is -0.396 e. The molecule has 0 amide bonds. The zero-order valence-corrected chi connectivity index (χ0v) is 11.8. The molecule has 0 aromatic heterocycles. The maximum atomic E-state index is 8.73. The van der Waals surface area contributed by atoms with Crippen molar-refractivity contribution in [2.45, 2.75) is 12.8 Å². The van der Waals surface area contributed by atoms with E-state index in [9.17, 15) is 0 Å². The first kappa shape index (κ1) is 14.2. The summed E-state index contributed by atoms with van der Waals surface area (Å²) in [4.78, 5) is 4.81. The van der Waals surface area contributed by atoms with Crippen LogP contribution in [0.25, 0.3) is 0 Å². The molecule has 0 atom stereocenters. The molecule has 1 saturated heterocycles. The fourth-order valence-corrected chi connectivity index (χ4v) is 2.32. The van der Waals surface area contributed by atoms with Crippen molar-refractivity contribution in [3.05, 3.63) is 24.3 Å². The summed E-state index contributed by atoms with van der Waals surface area (Å²) in [6.45, 7) is 5.71. The molecule has 2 N–H and O–H groups in total. The molecule has 1 aromatic rings. The van der Waals surface area contributed by atoms with Gasteiger partial charge in [-0.05, 0) is 44.2 Å². The highest BCUT2D eigenvalue weighted by Gasteiger charge is 2.13. The van der Waals surface area contributed by atoms with Crippen LogP contribution in [-0.2, 0) is 0 Å². The van der Waals surface area contributed by atoms with Crippen molar-refractivity contribution >= 4 is 11.4 Å². The third kappa shape index (κ3) is 4.40. The van der Waals surface area contributed by atoms with Crippen LogP contribution in [0.3, 0.4) is 0 Å². The van der Waals surface area contributed by atoms with E-state index in [-0.39, 0.29) is 6.61 Å². The minimum absolute atomic E-state index is 0.282. The Morgan fingerprint density at radius 3 is 2.37 bits per heavy atom. The first-order valence-electron chi connectivity index (χ1n) is 7.18. The molecule has 2 rings (SSSR count). The normalized spacial score (nSPS) is 16.6. The predicted octanol–water partition coefficient (Wildman–Crippen LogP) is 1.62. The van der Waals surface area contributed by atoms with Gasteiger partial charge >= 0.3 is 0 Å². The number of hydrogen-bond donors (Lipinski definition) is 2. The van der Waals surface area contributed by atoms with Gasteiger partial charge < -0.3 is 20.2 Å². The Balaban J connectivity index is 1.81. The molecule has 0 spiro atoms. The Hall–Kier alpha value is -1.26. The number of piperazine rings is 1. The number of nitrogens with one attached hydrogen (secondary N) is 1. The highest BCUT2D eigenvalue weighted by molar-refractivity contribution is 5.55. The van der Waals surface area contributed by atoms with Crippen molar-refractivity contribution in [3.63, 3.8) is 0 Å². The quantitative estimate of drug-likeness (QED) is 0.765. The van der Waals surface area contributed by atoms with Gasteiger partial charge in [-0.1, -0.05) is 0 Å². The van der Waals surface area contributed by atoms with E-state index in [1.54, 1.807) is 0 Å². The van der Waals surface area contributed by atoms with E-state index in [1.807, 2.05) is 0 Å². The van der Waals surface area contributed by atoms with Crippen LogP contribution in [-0.4, -0.2) is 56.4 Å². The van der Waals surface area contributed by atoms with Gasteiger partial charge in [0, 0.05) is 50.7 Å². The number of likely N-dealkylation sites (N-methyl/N-ethyl adjacent to an activating group) is 1. The molecule has 0 radical (unpaired) electrons. The summed E-state index contributed by atoms with van der Waals surface area (Å²) in [6.07, 6.45) is 1.88. The van der Waals surface area contributed by atoms with E-state index < -0.39 is 0 Å². The van der Waals surface area contributed by atoms with Crippen LogP contribution in [0.1, 0.15) is 12.8 Å².